The van der Waals surface area contributed by atoms with E-state index in [0.29, 0.717) is 22.8 Å². The van der Waals surface area contributed by atoms with Crippen LogP contribution in [-0.2, 0) is 14.8 Å². The molecule has 10 heteroatoms. The molecule has 7 nitrogen and oxygen atoms in total. The molecule has 1 aliphatic rings. The molecule has 0 atom stereocenters. The van der Waals surface area contributed by atoms with E-state index >= 15 is 0 Å². The number of fused-ring (bicyclic) bond motifs is 1. The summed E-state index contributed by atoms with van der Waals surface area (Å²) in [6.07, 6.45) is 3.17. The minimum atomic E-state index is -3.73. The van der Waals surface area contributed by atoms with Crippen molar-refractivity contribution >= 4 is 55.2 Å². The molecule has 1 saturated heterocycles. The first-order valence-electron chi connectivity index (χ1n) is 10.5. The Hall–Kier alpha value is -2.46. The lowest BCUT2D eigenvalue weighted by molar-refractivity contribution is -0.127. The van der Waals surface area contributed by atoms with Crippen molar-refractivity contribution in [3.05, 3.63) is 68.8 Å². The van der Waals surface area contributed by atoms with E-state index in [1.807, 2.05) is 26.0 Å². The van der Waals surface area contributed by atoms with Gasteiger partial charge >= 0.3 is 4.87 Å². The molecule has 2 heterocycles. The highest BCUT2D eigenvalue weighted by atomic mass is 35.5. The van der Waals surface area contributed by atoms with Gasteiger partial charge in [-0.3, -0.25) is 14.2 Å². The fourth-order valence-corrected chi connectivity index (χ4v) is 6.62. The normalized spacial score (nSPS) is 15.7. The fourth-order valence-electron chi connectivity index (χ4n) is 3.85. The highest BCUT2D eigenvalue weighted by Gasteiger charge is 2.30. The third-order valence-electron chi connectivity index (χ3n) is 5.56. The number of sulfonamides is 1. The molecular weight excluding hydrogens is 482 g/mol. The van der Waals surface area contributed by atoms with Crippen LogP contribution in [0.5, 0.6) is 0 Å². The van der Waals surface area contributed by atoms with Crippen molar-refractivity contribution in [2.24, 2.45) is 0 Å². The van der Waals surface area contributed by atoms with Crippen LogP contribution in [0.3, 0.4) is 0 Å². The molecule has 0 saturated carbocycles. The first-order valence-corrected chi connectivity index (χ1v) is 13.2. The van der Waals surface area contributed by atoms with Crippen molar-refractivity contribution in [2.75, 3.05) is 26.2 Å². The van der Waals surface area contributed by atoms with Crippen LogP contribution in [0.1, 0.15) is 25.5 Å². The first kappa shape index (κ1) is 23.7. The number of amides is 1. The molecule has 1 amide bonds. The molecule has 0 aliphatic carbocycles. The molecule has 1 aromatic heterocycles. The second-order valence-electron chi connectivity index (χ2n) is 8.08. The third-order valence-corrected chi connectivity index (χ3v) is 8.60. The van der Waals surface area contributed by atoms with Gasteiger partial charge in [-0.25, -0.2) is 8.42 Å². The standard InChI is InChI=1S/C23H24ClN3O4S2/c1-16(2)27-20-8-7-19(15-21(20)32-23(27)29)33(30,31)26-12-10-25(11-13-26)22(28)9-6-17-4-3-5-18(24)14-17/h3-9,14-16H,10-13H2,1-2H3/b9-6+. The summed E-state index contributed by atoms with van der Waals surface area (Å²) in [6.45, 7) is 4.86. The lowest BCUT2D eigenvalue weighted by Crippen LogP contribution is -2.50. The van der Waals surface area contributed by atoms with E-state index in [9.17, 15) is 18.0 Å². The van der Waals surface area contributed by atoms with Gasteiger partial charge in [0.05, 0.1) is 15.1 Å². The molecule has 0 radical (unpaired) electrons. The number of aromatic nitrogens is 1. The van der Waals surface area contributed by atoms with E-state index in [1.165, 1.54) is 10.4 Å². The molecule has 0 bridgehead atoms. The number of carbonyl (C=O) groups is 1. The van der Waals surface area contributed by atoms with Gasteiger partial charge in [0, 0.05) is 43.3 Å². The van der Waals surface area contributed by atoms with Gasteiger partial charge in [0.2, 0.25) is 15.9 Å². The van der Waals surface area contributed by atoms with Gasteiger partial charge < -0.3 is 4.90 Å². The van der Waals surface area contributed by atoms with Crippen molar-refractivity contribution in [3.63, 3.8) is 0 Å². The summed E-state index contributed by atoms with van der Waals surface area (Å²) in [6, 6.07) is 12.0. The number of rotatable bonds is 5. The SMILES string of the molecule is CC(C)n1c(=O)sc2cc(S(=O)(=O)N3CCN(C(=O)/C=C/c4cccc(Cl)c4)CC3)ccc21. The van der Waals surface area contributed by atoms with Crippen molar-refractivity contribution < 1.29 is 13.2 Å². The van der Waals surface area contributed by atoms with Gasteiger partial charge in [0.1, 0.15) is 0 Å². The minimum absolute atomic E-state index is 0.00718. The van der Waals surface area contributed by atoms with Gasteiger partial charge in [-0.2, -0.15) is 4.31 Å². The number of benzene rings is 2. The smallest absolute Gasteiger partial charge is 0.308 e. The monoisotopic (exact) mass is 505 g/mol. The van der Waals surface area contributed by atoms with Gasteiger partial charge in [0.15, 0.2) is 0 Å². The van der Waals surface area contributed by atoms with Crippen LogP contribution in [0.25, 0.3) is 16.3 Å². The maximum absolute atomic E-state index is 13.2. The zero-order chi connectivity index (χ0) is 23.8. The molecule has 0 N–H and O–H groups in total. The predicted molar refractivity (Wildman–Crippen MR) is 132 cm³/mol. The highest BCUT2D eigenvalue weighted by molar-refractivity contribution is 7.89. The Balaban J connectivity index is 1.45. The van der Waals surface area contributed by atoms with Crippen LogP contribution in [0.4, 0.5) is 0 Å². The maximum atomic E-state index is 13.2. The van der Waals surface area contributed by atoms with E-state index in [-0.39, 0.29) is 34.8 Å². The molecule has 1 aliphatic heterocycles. The van der Waals surface area contributed by atoms with E-state index in [0.717, 1.165) is 22.4 Å². The lowest BCUT2D eigenvalue weighted by Gasteiger charge is -2.33. The Kier molecular flexibility index (Phi) is 6.76. The summed E-state index contributed by atoms with van der Waals surface area (Å²) in [4.78, 5) is 26.5. The summed E-state index contributed by atoms with van der Waals surface area (Å²) < 4.78 is 30.1. The van der Waals surface area contributed by atoms with E-state index < -0.39 is 10.0 Å². The summed E-state index contributed by atoms with van der Waals surface area (Å²) >= 11 is 7.01. The molecule has 174 valence electrons. The van der Waals surface area contributed by atoms with Gasteiger partial charge in [0.25, 0.3) is 0 Å². The van der Waals surface area contributed by atoms with Crippen molar-refractivity contribution in [1.29, 1.82) is 0 Å². The molecule has 2 aromatic carbocycles. The van der Waals surface area contributed by atoms with Crippen LogP contribution in [0, 0.1) is 0 Å². The Morgan fingerprint density at radius 3 is 2.48 bits per heavy atom. The number of carbonyl (C=O) groups excluding carboxylic acids is 1. The Morgan fingerprint density at radius 2 is 1.82 bits per heavy atom. The zero-order valence-electron chi connectivity index (χ0n) is 18.3. The molecule has 0 unspecified atom stereocenters. The Bertz CT molecular complexity index is 1380. The van der Waals surface area contributed by atoms with Crippen molar-refractivity contribution in [1.82, 2.24) is 13.8 Å². The average molecular weight is 506 g/mol. The molecule has 0 spiro atoms. The number of hydrogen-bond donors (Lipinski definition) is 0. The molecule has 4 rings (SSSR count). The highest BCUT2D eigenvalue weighted by Crippen LogP contribution is 2.26. The Labute approximate surface area is 201 Å². The van der Waals surface area contributed by atoms with Crippen LogP contribution in [0.15, 0.2) is 58.2 Å². The number of halogens is 1. The second-order valence-corrected chi connectivity index (χ2v) is 11.4. The number of piperazine rings is 1. The topological polar surface area (TPSA) is 79.7 Å². The average Bonchev–Trinajstić information content (AvgIpc) is 3.12. The van der Waals surface area contributed by atoms with Gasteiger partial charge in [-0.05, 0) is 55.8 Å². The lowest BCUT2D eigenvalue weighted by atomic mass is 10.2. The number of thiazole rings is 1. The van der Waals surface area contributed by atoms with Gasteiger partial charge in [-0.1, -0.05) is 35.1 Å². The van der Waals surface area contributed by atoms with Crippen molar-refractivity contribution in [2.45, 2.75) is 24.8 Å². The van der Waals surface area contributed by atoms with E-state index in [4.69, 9.17) is 11.6 Å². The number of nitrogens with zero attached hydrogens (tertiary/aromatic N) is 3. The predicted octanol–water partition coefficient (Wildman–Crippen LogP) is 3.84. The zero-order valence-corrected chi connectivity index (χ0v) is 20.7. The van der Waals surface area contributed by atoms with Crippen LogP contribution in [-0.4, -0.2) is 54.3 Å². The van der Waals surface area contributed by atoms with Crippen LogP contribution in [0.2, 0.25) is 5.02 Å². The minimum Gasteiger partial charge on any atom is -0.337 e. The summed E-state index contributed by atoms with van der Waals surface area (Å²) in [5, 5.41) is 0.592. The quantitative estimate of drug-likeness (QED) is 0.493. The second kappa shape index (κ2) is 9.42. The van der Waals surface area contributed by atoms with E-state index in [1.54, 1.807) is 45.9 Å². The van der Waals surface area contributed by atoms with Crippen LogP contribution < -0.4 is 4.87 Å². The fraction of sp³-hybridized carbons (Fsp3) is 0.304. The molecule has 1 fully saturated rings. The Morgan fingerprint density at radius 1 is 1.09 bits per heavy atom. The molecule has 3 aromatic rings. The first-order chi connectivity index (χ1) is 15.7. The largest absolute Gasteiger partial charge is 0.337 e. The van der Waals surface area contributed by atoms with E-state index in [2.05, 4.69) is 0 Å². The maximum Gasteiger partial charge on any atom is 0.308 e. The molecule has 33 heavy (non-hydrogen) atoms. The van der Waals surface area contributed by atoms with Gasteiger partial charge in [-0.15, -0.1) is 0 Å². The summed E-state index contributed by atoms with van der Waals surface area (Å²) in [7, 11) is -3.73. The van der Waals surface area contributed by atoms with Crippen LogP contribution >= 0.6 is 22.9 Å². The van der Waals surface area contributed by atoms with Crippen molar-refractivity contribution in [3.8, 4) is 0 Å². The third kappa shape index (κ3) is 4.91. The summed E-state index contributed by atoms with van der Waals surface area (Å²) in [5.74, 6) is -0.173. The molecular formula is C23H24ClN3O4S2. The summed E-state index contributed by atoms with van der Waals surface area (Å²) in [5.41, 5.74) is 1.56. The number of hydrogen-bond acceptors (Lipinski definition) is 5.